The molecule has 5 rings (SSSR count). The predicted octanol–water partition coefficient (Wildman–Crippen LogP) is 8.51. The molecule has 4 unspecified atom stereocenters. The molecule has 0 spiro atoms. The fraction of sp³-hybridized carbons (Fsp3) is 0.188. The van der Waals surface area contributed by atoms with Gasteiger partial charge in [-0.2, -0.15) is 0 Å². The van der Waals surface area contributed by atoms with Crippen molar-refractivity contribution in [3.63, 3.8) is 0 Å². The first-order chi connectivity index (χ1) is 18.8. The molecular weight excluding hydrogens is 829 g/mol. The monoisotopic (exact) mass is 854 g/mol. The maximum Gasteiger partial charge on any atom is 0.338 e. The van der Waals surface area contributed by atoms with Gasteiger partial charge >= 0.3 is 11.9 Å². The molecular formula is C32H25I3O4. The molecule has 198 valence electrons. The van der Waals surface area contributed by atoms with Crippen LogP contribution in [0.15, 0.2) is 91.0 Å². The minimum absolute atomic E-state index is 0.208. The van der Waals surface area contributed by atoms with E-state index in [0.29, 0.717) is 11.1 Å². The van der Waals surface area contributed by atoms with Crippen molar-refractivity contribution in [3.8, 4) is 0 Å². The van der Waals surface area contributed by atoms with Crippen molar-refractivity contribution in [2.45, 2.75) is 37.9 Å². The Labute approximate surface area is 269 Å². The molecule has 0 fully saturated rings. The van der Waals surface area contributed by atoms with E-state index in [4.69, 9.17) is 9.47 Å². The van der Waals surface area contributed by atoms with Gasteiger partial charge in [-0.05, 0) is 139 Å². The zero-order valence-electron chi connectivity index (χ0n) is 21.2. The molecule has 0 saturated carbocycles. The van der Waals surface area contributed by atoms with Crippen LogP contribution < -0.4 is 0 Å². The molecule has 0 heterocycles. The molecule has 0 bridgehead atoms. The number of esters is 2. The number of hydrogen-bond donors (Lipinski definition) is 0. The number of rotatable bonds is 5. The average Bonchev–Trinajstić information content (AvgIpc) is 2.94. The van der Waals surface area contributed by atoms with E-state index >= 15 is 0 Å². The van der Waals surface area contributed by atoms with Crippen molar-refractivity contribution < 1.29 is 19.1 Å². The smallest absolute Gasteiger partial charge is 0.338 e. The highest BCUT2D eigenvalue weighted by molar-refractivity contribution is 14.1. The van der Waals surface area contributed by atoms with Crippen LogP contribution in [-0.4, -0.2) is 24.1 Å². The van der Waals surface area contributed by atoms with Crippen LogP contribution in [0.3, 0.4) is 0 Å². The summed E-state index contributed by atoms with van der Waals surface area (Å²) in [5, 5.41) is 0. The van der Waals surface area contributed by atoms with Gasteiger partial charge in [0.15, 0.2) is 6.10 Å². The highest BCUT2D eigenvalue weighted by Gasteiger charge is 2.49. The Bertz CT molecular complexity index is 1500. The zero-order valence-corrected chi connectivity index (χ0v) is 27.7. The van der Waals surface area contributed by atoms with Crippen LogP contribution in [0.2, 0.25) is 0 Å². The van der Waals surface area contributed by atoms with Crippen molar-refractivity contribution >= 4 is 79.7 Å². The zero-order chi connectivity index (χ0) is 27.7. The van der Waals surface area contributed by atoms with Crippen LogP contribution in [0.25, 0.3) is 0 Å². The number of fused-ring (bicyclic) bond motifs is 1. The van der Waals surface area contributed by atoms with Crippen LogP contribution in [-0.2, 0) is 9.47 Å². The largest absolute Gasteiger partial charge is 0.454 e. The summed E-state index contributed by atoms with van der Waals surface area (Å²) in [6.45, 7) is 4.14. The number of carbonyl (C=O) groups excluding carboxylic acids is 2. The SMILES string of the molecule is Cc1cccc(I)c1C1c2c(I)ccc(I)c2C(C)C(OC(=O)c2ccccc2)C1OC(=O)c1ccccc1. The van der Waals surface area contributed by atoms with E-state index in [1.54, 1.807) is 24.3 Å². The molecule has 0 saturated heterocycles. The molecule has 4 aromatic carbocycles. The topological polar surface area (TPSA) is 52.6 Å². The van der Waals surface area contributed by atoms with E-state index in [1.165, 1.54) is 0 Å². The van der Waals surface area contributed by atoms with Crippen molar-refractivity contribution in [2.24, 2.45) is 0 Å². The number of hydrogen-bond acceptors (Lipinski definition) is 4. The van der Waals surface area contributed by atoms with Crippen molar-refractivity contribution in [1.82, 2.24) is 0 Å². The Kier molecular flexibility index (Phi) is 8.97. The molecule has 39 heavy (non-hydrogen) atoms. The number of aryl methyl sites for hydroxylation is 1. The van der Waals surface area contributed by atoms with E-state index in [1.807, 2.05) is 42.5 Å². The minimum atomic E-state index is -0.741. The molecule has 0 aromatic heterocycles. The molecule has 0 radical (unpaired) electrons. The van der Waals surface area contributed by atoms with E-state index < -0.39 is 24.1 Å². The second-order valence-corrected chi connectivity index (χ2v) is 13.1. The average molecular weight is 854 g/mol. The Hall–Kier alpha value is -1.99. The third-order valence-corrected chi connectivity index (χ3v) is 10.0. The fourth-order valence-corrected chi connectivity index (χ4v) is 8.08. The van der Waals surface area contributed by atoms with Crippen molar-refractivity contribution in [3.05, 3.63) is 135 Å². The summed E-state index contributed by atoms with van der Waals surface area (Å²) in [4.78, 5) is 27.0. The highest BCUT2D eigenvalue weighted by atomic mass is 127. The summed E-state index contributed by atoms with van der Waals surface area (Å²) in [5.74, 6) is -1.41. The molecule has 1 aliphatic carbocycles. The second-order valence-electron chi connectivity index (χ2n) is 9.57. The Morgan fingerprint density at radius 1 is 0.590 bits per heavy atom. The van der Waals surface area contributed by atoms with Gasteiger partial charge in [0.25, 0.3) is 0 Å². The van der Waals surface area contributed by atoms with Crippen LogP contribution in [0.5, 0.6) is 0 Å². The molecule has 0 aliphatic heterocycles. The lowest BCUT2D eigenvalue weighted by molar-refractivity contribution is -0.0535. The van der Waals surface area contributed by atoms with Crippen LogP contribution >= 0.6 is 67.8 Å². The summed E-state index contributed by atoms with van der Waals surface area (Å²) < 4.78 is 16.0. The van der Waals surface area contributed by atoms with Gasteiger partial charge in [0.1, 0.15) is 6.10 Å². The van der Waals surface area contributed by atoms with Gasteiger partial charge in [-0.1, -0.05) is 55.5 Å². The van der Waals surface area contributed by atoms with E-state index in [2.05, 4.69) is 106 Å². The quantitative estimate of drug-likeness (QED) is 0.149. The van der Waals surface area contributed by atoms with Gasteiger partial charge in [-0.3, -0.25) is 0 Å². The van der Waals surface area contributed by atoms with Crippen LogP contribution in [0, 0.1) is 17.6 Å². The third-order valence-electron chi connectivity index (χ3n) is 7.18. The maximum atomic E-state index is 13.6. The first-order valence-electron chi connectivity index (χ1n) is 12.5. The van der Waals surface area contributed by atoms with Crippen molar-refractivity contribution in [1.29, 1.82) is 0 Å². The summed E-state index contributed by atoms with van der Waals surface area (Å²) >= 11 is 7.10. The highest BCUT2D eigenvalue weighted by Crippen LogP contribution is 2.50. The summed E-state index contributed by atoms with van der Waals surface area (Å²) in [6.07, 6.45) is -1.45. The third kappa shape index (κ3) is 5.76. The second kappa shape index (κ2) is 12.3. The Morgan fingerprint density at radius 3 is 1.62 bits per heavy atom. The first kappa shape index (κ1) is 28.5. The van der Waals surface area contributed by atoms with Gasteiger partial charge in [0.05, 0.1) is 17.0 Å². The lowest BCUT2D eigenvalue weighted by atomic mass is 9.70. The van der Waals surface area contributed by atoms with E-state index in [0.717, 1.165) is 33.0 Å². The van der Waals surface area contributed by atoms with E-state index in [9.17, 15) is 9.59 Å². The molecule has 4 atom stereocenters. The van der Waals surface area contributed by atoms with Gasteiger partial charge in [-0.15, -0.1) is 0 Å². The van der Waals surface area contributed by atoms with E-state index in [-0.39, 0.29) is 11.8 Å². The first-order valence-corrected chi connectivity index (χ1v) is 15.8. The number of ether oxygens (including phenoxy) is 2. The summed E-state index contributed by atoms with van der Waals surface area (Å²) in [5.41, 5.74) is 5.35. The maximum absolute atomic E-state index is 13.6. The number of benzene rings is 4. The van der Waals surface area contributed by atoms with Crippen LogP contribution in [0.4, 0.5) is 0 Å². The van der Waals surface area contributed by atoms with Gasteiger partial charge in [0.2, 0.25) is 0 Å². The van der Waals surface area contributed by atoms with Crippen LogP contribution in [0.1, 0.15) is 61.7 Å². The minimum Gasteiger partial charge on any atom is -0.454 e. The lowest BCUT2D eigenvalue weighted by Gasteiger charge is -2.43. The van der Waals surface area contributed by atoms with Gasteiger partial charge in [-0.25, -0.2) is 9.59 Å². The molecule has 7 heteroatoms. The fourth-order valence-electron chi connectivity index (χ4n) is 5.35. The molecule has 0 amide bonds. The summed E-state index contributed by atoms with van der Waals surface area (Å²) in [7, 11) is 0. The Morgan fingerprint density at radius 2 is 1.08 bits per heavy atom. The molecule has 1 aliphatic rings. The normalized spacial score (nSPS) is 20.1. The molecule has 4 nitrogen and oxygen atoms in total. The number of carbonyl (C=O) groups is 2. The lowest BCUT2D eigenvalue weighted by Crippen LogP contribution is -2.47. The van der Waals surface area contributed by atoms with Gasteiger partial charge in [0, 0.05) is 16.6 Å². The molecule has 4 aromatic rings. The predicted molar refractivity (Wildman–Crippen MR) is 177 cm³/mol. The van der Waals surface area contributed by atoms with Gasteiger partial charge < -0.3 is 9.47 Å². The Balaban J connectivity index is 1.71. The number of halogens is 3. The standard InChI is InChI=1S/C32H25I3O4/c1-18-10-9-15-22(33)25(18)28-27-24(35)17-16-23(34)26(27)19(2)29(38-31(36)20-11-5-3-6-12-20)30(28)39-32(37)21-13-7-4-8-14-21/h3-17,19,28-30H,1-2H3. The van der Waals surface area contributed by atoms with Crippen molar-refractivity contribution in [2.75, 3.05) is 0 Å². The molecule has 0 N–H and O–H groups in total. The summed E-state index contributed by atoms with van der Waals surface area (Å²) in [6, 6.07) is 28.3.